The van der Waals surface area contributed by atoms with Crippen molar-refractivity contribution in [2.45, 2.75) is 32.7 Å². The number of esters is 1. The third-order valence-corrected chi connectivity index (χ3v) is 2.87. The Morgan fingerprint density at radius 3 is 2.90 bits per heavy atom. The fourth-order valence-electron chi connectivity index (χ4n) is 1.91. The molecular weight excluding hydrogens is 276 g/mol. The number of hydrogen-bond donors (Lipinski definition) is 1. The van der Waals surface area contributed by atoms with E-state index in [1.165, 1.54) is 11.8 Å². The van der Waals surface area contributed by atoms with Gasteiger partial charge >= 0.3 is 5.97 Å². The molecule has 2 aromatic rings. The molecular formula is C12H18N6O3. The average molecular weight is 294 g/mol. The molecule has 21 heavy (non-hydrogen) atoms. The highest BCUT2D eigenvalue weighted by molar-refractivity contribution is 5.88. The molecule has 2 rings (SSSR count). The summed E-state index contributed by atoms with van der Waals surface area (Å²) in [6.45, 7) is 2.65. The summed E-state index contributed by atoms with van der Waals surface area (Å²) in [6.07, 6.45) is 2.14. The van der Waals surface area contributed by atoms with E-state index in [1.54, 1.807) is 0 Å². The predicted molar refractivity (Wildman–Crippen MR) is 71.5 cm³/mol. The van der Waals surface area contributed by atoms with Crippen molar-refractivity contribution in [1.29, 1.82) is 0 Å². The van der Waals surface area contributed by atoms with Gasteiger partial charge in [0.05, 0.1) is 12.8 Å². The van der Waals surface area contributed by atoms with Crippen LogP contribution in [0.5, 0.6) is 0 Å². The van der Waals surface area contributed by atoms with Crippen LogP contribution < -0.4 is 5.73 Å². The Morgan fingerprint density at radius 1 is 1.43 bits per heavy atom. The van der Waals surface area contributed by atoms with Crippen LogP contribution in [0.1, 0.15) is 41.2 Å². The van der Waals surface area contributed by atoms with E-state index in [2.05, 4.69) is 25.2 Å². The minimum atomic E-state index is -0.540. The number of hydrogen-bond acceptors (Lipinski definition) is 8. The molecule has 2 aromatic heterocycles. The van der Waals surface area contributed by atoms with Crippen molar-refractivity contribution in [3.05, 3.63) is 23.1 Å². The van der Waals surface area contributed by atoms with Gasteiger partial charge < -0.3 is 15.0 Å². The Morgan fingerprint density at radius 2 is 2.24 bits per heavy atom. The Bertz CT molecular complexity index is 606. The summed E-state index contributed by atoms with van der Waals surface area (Å²) in [5, 5.41) is 11.6. The smallest absolute Gasteiger partial charge is 0.360 e. The van der Waals surface area contributed by atoms with Crippen LogP contribution >= 0.6 is 0 Å². The summed E-state index contributed by atoms with van der Waals surface area (Å²) in [5.41, 5.74) is 6.32. The zero-order chi connectivity index (χ0) is 15.2. The quantitative estimate of drug-likeness (QED) is 0.705. The SMILES string of the molecule is CCCc1noc(Cn2nnc(C(=O)OC)c2CCN)n1. The van der Waals surface area contributed by atoms with Crippen molar-refractivity contribution in [3.63, 3.8) is 0 Å². The minimum absolute atomic E-state index is 0.163. The van der Waals surface area contributed by atoms with Crippen molar-refractivity contribution in [2.24, 2.45) is 5.73 Å². The normalized spacial score (nSPS) is 10.8. The van der Waals surface area contributed by atoms with E-state index in [-0.39, 0.29) is 12.2 Å². The molecule has 0 saturated carbocycles. The van der Waals surface area contributed by atoms with Gasteiger partial charge in [-0.3, -0.25) is 0 Å². The lowest BCUT2D eigenvalue weighted by molar-refractivity contribution is 0.0592. The average Bonchev–Trinajstić information content (AvgIpc) is 3.08. The molecule has 0 aromatic carbocycles. The number of carbonyl (C=O) groups is 1. The maximum atomic E-state index is 11.6. The Balaban J connectivity index is 2.22. The molecule has 0 bridgehead atoms. The minimum Gasteiger partial charge on any atom is -0.464 e. The summed E-state index contributed by atoms with van der Waals surface area (Å²) < 4.78 is 11.4. The van der Waals surface area contributed by atoms with E-state index in [0.717, 1.165) is 12.8 Å². The molecule has 9 nitrogen and oxygen atoms in total. The zero-order valence-corrected chi connectivity index (χ0v) is 12.1. The molecule has 0 amide bonds. The topological polar surface area (TPSA) is 122 Å². The highest BCUT2D eigenvalue weighted by Crippen LogP contribution is 2.10. The van der Waals surface area contributed by atoms with E-state index in [9.17, 15) is 4.79 Å². The van der Waals surface area contributed by atoms with Crippen LogP contribution in [0.4, 0.5) is 0 Å². The summed E-state index contributed by atoms with van der Waals surface area (Å²) in [7, 11) is 1.29. The van der Waals surface area contributed by atoms with Crippen molar-refractivity contribution >= 4 is 5.97 Å². The zero-order valence-electron chi connectivity index (χ0n) is 12.1. The maximum absolute atomic E-state index is 11.6. The molecule has 0 saturated heterocycles. The van der Waals surface area contributed by atoms with Gasteiger partial charge in [0.2, 0.25) is 5.89 Å². The third kappa shape index (κ3) is 3.43. The van der Waals surface area contributed by atoms with Crippen LogP contribution in [0.15, 0.2) is 4.52 Å². The molecule has 2 N–H and O–H groups in total. The van der Waals surface area contributed by atoms with Crippen LogP contribution in [0.25, 0.3) is 0 Å². The number of aryl methyl sites for hydroxylation is 1. The Kier molecular flexibility index (Phi) is 4.99. The number of aromatic nitrogens is 5. The molecule has 0 radical (unpaired) electrons. The van der Waals surface area contributed by atoms with Gasteiger partial charge in [0.1, 0.15) is 6.54 Å². The molecule has 2 heterocycles. The molecule has 0 atom stereocenters. The van der Waals surface area contributed by atoms with E-state index in [4.69, 9.17) is 10.3 Å². The highest BCUT2D eigenvalue weighted by Gasteiger charge is 2.21. The first kappa shape index (κ1) is 15.1. The van der Waals surface area contributed by atoms with Crippen molar-refractivity contribution < 1.29 is 14.1 Å². The lowest BCUT2D eigenvalue weighted by Crippen LogP contribution is -2.15. The van der Waals surface area contributed by atoms with Gasteiger partial charge in [-0.05, 0) is 13.0 Å². The lowest BCUT2D eigenvalue weighted by Gasteiger charge is -2.03. The summed E-state index contributed by atoms with van der Waals surface area (Å²) in [6, 6.07) is 0. The van der Waals surface area contributed by atoms with E-state index < -0.39 is 5.97 Å². The van der Waals surface area contributed by atoms with Gasteiger partial charge in [0.15, 0.2) is 11.5 Å². The first-order valence-corrected chi connectivity index (χ1v) is 6.71. The van der Waals surface area contributed by atoms with Gasteiger partial charge in [0, 0.05) is 12.8 Å². The van der Waals surface area contributed by atoms with Gasteiger partial charge in [-0.15, -0.1) is 5.10 Å². The van der Waals surface area contributed by atoms with Gasteiger partial charge in [-0.2, -0.15) is 4.98 Å². The van der Waals surface area contributed by atoms with Gasteiger partial charge in [0.25, 0.3) is 0 Å². The van der Waals surface area contributed by atoms with Crippen molar-refractivity contribution in [2.75, 3.05) is 13.7 Å². The molecule has 0 aliphatic rings. The number of nitrogens with zero attached hydrogens (tertiary/aromatic N) is 5. The number of ether oxygens (including phenoxy) is 1. The van der Waals surface area contributed by atoms with Crippen LogP contribution in [0, 0.1) is 0 Å². The van der Waals surface area contributed by atoms with Crippen molar-refractivity contribution in [1.82, 2.24) is 25.1 Å². The van der Waals surface area contributed by atoms with Crippen LogP contribution in [-0.4, -0.2) is 44.8 Å². The van der Waals surface area contributed by atoms with E-state index in [1.807, 2.05) is 6.92 Å². The second kappa shape index (κ2) is 6.93. The Labute approximate surface area is 121 Å². The predicted octanol–water partition coefficient (Wildman–Crippen LogP) is -0.0503. The second-order valence-corrected chi connectivity index (χ2v) is 4.43. The molecule has 114 valence electrons. The summed E-state index contributed by atoms with van der Waals surface area (Å²) in [4.78, 5) is 15.9. The molecule has 0 aliphatic carbocycles. The molecule has 9 heteroatoms. The van der Waals surface area contributed by atoms with Crippen molar-refractivity contribution in [3.8, 4) is 0 Å². The van der Waals surface area contributed by atoms with Gasteiger partial charge in [-0.25, -0.2) is 9.48 Å². The number of carbonyl (C=O) groups excluding carboxylic acids is 1. The molecule has 0 spiro atoms. The van der Waals surface area contributed by atoms with Crippen LogP contribution in [-0.2, 0) is 24.1 Å². The standard InChI is InChI=1S/C12H18N6O3/c1-3-4-9-14-10(21-16-9)7-18-8(5-6-13)11(15-17-18)12(19)20-2/h3-7,13H2,1-2H3. The largest absolute Gasteiger partial charge is 0.464 e. The molecule has 0 unspecified atom stereocenters. The summed E-state index contributed by atoms with van der Waals surface area (Å²) >= 11 is 0. The maximum Gasteiger partial charge on any atom is 0.360 e. The second-order valence-electron chi connectivity index (χ2n) is 4.43. The number of nitrogens with two attached hydrogens (primary N) is 1. The van der Waals surface area contributed by atoms with Crippen LogP contribution in [0.2, 0.25) is 0 Å². The van der Waals surface area contributed by atoms with Gasteiger partial charge in [-0.1, -0.05) is 17.3 Å². The number of rotatable bonds is 7. The number of methoxy groups -OCH3 is 1. The molecule has 0 fully saturated rings. The van der Waals surface area contributed by atoms with E-state index >= 15 is 0 Å². The first-order valence-electron chi connectivity index (χ1n) is 6.71. The highest BCUT2D eigenvalue weighted by atomic mass is 16.5. The fraction of sp³-hybridized carbons (Fsp3) is 0.583. The fourth-order valence-corrected chi connectivity index (χ4v) is 1.91. The van der Waals surface area contributed by atoms with Crippen LogP contribution in [0.3, 0.4) is 0 Å². The first-order chi connectivity index (χ1) is 10.2. The lowest BCUT2D eigenvalue weighted by atomic mass is 10.2. The van der Waals surface area contributed by atoms with E-state index in [0.29, 0.717) is 30.4 Å². The third-order valence-electron chi connectivity index (χ3n) is 2.87. The molecule has 0 aliphatic heterocycles. The Hall–Kier alpha value is -2.29. The summed E-state index contributed by atoms with van der Waals surface area (Å²) in [5.74, 6) is 0.529. The monoisotopic (exact) mass is 294 g/mol.